The number of nitrogens with two attached hydrogens (primary N) is 1. The third-order valence-electron chi connectivity index (χ3n) is 3.34. The van der Waals surface area contributed by atoms with Crippen molar-refractivity contribution in [3.05, 3.63) is 16.4 Å². The largest absolute Gasteiger partial charge is 0.271 e. The molecule has 0 amide bonds. The molecule has 1 heterocycles. The Morgan fingerprint density at radius 2 is 2.16 bits per heavy atom. The molecule has 3 N–H and O–H groups in total. The predicted octanol–water partition coefficient (Wildman–Crippen LogP) is 2.54. The Hall–Kier alpha value is -0.230. The minimum absolute atomic E-state index is 0.219. The van der Waals surface area contributed by atoms with Gasteiger partial charge >= 0.3 is 0 Å². The zero-order chi connectivity index (χ0) is 14.4. The summed E-state index contributed by atoms with van der Waals surface area (Å²) in [6, 6.07) is 0.219. The van der Waals surface area contributed by atoms with E-state index < -0.39 is 0 Å². The molecule has 1 rings (SSSR count). The van der Waals surface area contributed by atoms with Gasteiger partial charge in [0.05, 0.1) is 16.4 Å². The number of hydrogen-bond donors (Lipinski definition) is 2. The van der Waals surface area contributed by atoms with Crippen molar-refractivity contribution in [2.24, 2.45) is 12.9 Å². The van der Waals surface area contributed by atoms with Gasteiger partial charge in [-0.1, -0.05) is 32.4 Å². The molecule has 6 heteroatoms. The summed E-state index contributed by atoms with van der Waals surface area (Å²) in [6.07, 6.45) is 2.84. The number of rotatable bonds is 8. The van der Waals surface area contributed by atoms with Gasteiger partial charge in [-0.3, -0.25) is 16.0 Å². The molecule has 0 aliphatic rings. The molecule has 0 saturated heterocycles. The number of nitrogens with one attached hydrogen (secondary N) is 1. The first-order chi connectivity index (χ1) is 9.03. The molecule has 0 aliphatic heterocycles. The van der Waals surface area contributed by atoms with Crippen molar-refractivity contribution in [1.29, 1.82) is 0 Å². The van der Waals surface area contributed by atoms with E-state index in [1.165, 1.54) is 6.42 Å². The quantitative estimate of drug-likeness (QED) is 0.572. The minimum Gasteiger partial charge on any atom is -0.271 e. The fraction of sp³-hybridized carbons (Fsp3) is 0.769. The van der Waals surface area contributed by atoms with E-state index in [4.69, 9.17) is 17.4 Å². The number of hydrazine groups is 1. The van der Waals surface area contributed by atoms with E-state index in [9.17, 15) is 0 Å². The van der Waals surface area contributed by atoms with Gasteiger partial charge in [-0.2, -0.15) is 16.9 Å². The van der Waals surface area contributed by atoms with E-state index in [2.05, 4.69) is 31.3 Å². The van der Waals surface area contributed by atoms with E-state index >= 15 is 0 Å². The maximum absolute atomic E-state index is 6.36. The first-order valence-corrected chi connectivity index (χ1v) is 8.24. The number of aromatic nitrogens is 2. The topological polar surface area (TPSA) is 55.9 Å². The van der Waals surface area contributed by atoms with Gasteiger partial charge < -0.3 is 0 Å². The lowest BCUT2D eigenvalue weighted by atomic mass is 10.1. The van der Waals surface area contributed by atoms with Gasteiger partial charge in [0.25, 0.3) is 0 Å². The zero-order valence-corrected chi connectivity index (χ0v) is 13.8. The molecule has 0 spiro atoms. The van der Waals surface area contributed by atoms with Gasteiger partial charge in [0.2, 0.25) is 0 Å². The van der Waals surface area contributed by atoms with Crippen LogP contribution in [0.2, 0.25) is 5.02 Å². The molecule has 1 aromatic heterocycles. The molecule has 0 bridgehead atoms. The lowest BCUT2D eigenvalue weighted by molar-refractivity contribution is 0.550. The average molecular weight is 305 g/mol. The summed E-state index contributed by atoms with van der Waals surface area (Å²) >= 11 is 8.30. The third kappa shape index (κ3) is 4.67. The van der Waals surface area contributed by atoms with Crippen LogP contribution >= 0.6 is 23.4 Å². The van der Waals surface area contributed by atoms with Crippen molar-refractivity contribution in [2.75, 3.05) is 5.75 Å². The molecule has 1 aromatic rings. The lowest BCUT2D eigenvalue weighted by Crippen LogP contribution is -2.39. The maximum Gasteiger partial charge on any atom is 0.0850 e. The van der Waals surface area contributed by atoms with Crippen molar-refractivity contribution < 1.29 is 0 Å². The molecular formula is C13H25ClN4S. The molecule has 0 saturated carbocycles. The molecule has 0 aliphatic carbocycles. The highest BCUT2D eigenvalue weighted by Gasteiger charge is 2.18. The highest BCUT2D eigenvalue weighted by molar-refractivity contribution is 7.99. The fourth-order valence-electron chi connectivity index (χ4n) is 1.84. The Kier molecular flexibility index (Phi) is 7.21. The van der Waals surface area contributed by atoms with Crippen molar-refractivity contribution in [2.45, 2.75) is 51.3 Å². The van der Waals surface area contributed by atoms with Crippen LogP contribution in [0.5, 0.6) is 0 Å². The third-order valence-corrected chi connectivity index (χ3v) is 5.27. The standard InChI is InChI=1S/C13H25ClN4S/c1-5-9(3)19-8-10(16-15)7-12-13(14)11(6-2)17-18(12)4/h9-10,16H,5-8,15H2,1-4H3. The Balaban J connectivity index is 2.67. The SMILES string of the molecule is CCc1nn(C)c(CC(CSC(C)CC)NN)c1Cl. The first-order valence-electron chi connectivity index (χ1n) is 6.81. The van der Waals surface area contributed by atoms with Gasteiger partial charge in [0.15, 0.2) is 0 Å². The Morgan fingerprint density at radius 3 is 2.63 bits per heavy atom. The van der Waals surface area contributed by atoms with Crippen LogP contribution in [0.1, 0.15) is 38.6 Å². The number of aryl methyl sites for hydroxylation is 2. The Bertz CT molecular complexity index is 394. The zero-order valence-electron chi connectivity index (χ0n) is 12.2. The first kappa shape index (κ1) is 16.8. The average Bonchev–Trinajstić information content (AvgIpc) is 2.69. The molecule has 2 atom stereocenters. The summed E-state index contributed by atoms with van der Waals surface area (Å²) in [5.74, 6) is 6.63. The Labute approximate surface area is 125 Å². The summed E-state index contributed by atoms with van der Waals surface area (Å²) in [5, 5.41) is 5.88. The normalized spacial score (nSPS) is 14.6. The predicted molar refractivity (Wildman–Crippen MR) is 84.6 cm³/mol. The molecule has 19 heavy (non-hydrogen) atoms. The van der Waals surface area contributed by atoms with Crippen LogP contribution in [0.25, 0.3) is 0 Å². The lowest BCUT2D eigenvalue weighted by Gasteiger charge is -2.18. The van der Waals surface area contributed by atoms with Gasteiger partial charge in [-0.15, -0.1) is 0 Å². The van der Waals surface area contributed by atoms with Crippen LogP contribution in [0.4, 0.5) is 0 Å². The molecule has 0 radical (unpaired) electrons. The second-order valence-electron chi connectivity index (χ2n) is 4.80. The Morgan fingerprint density at radius 1 is 1.47 bits per heavy atom. The van der Waals surface area contributed by atoms with Gasteiger partial charge in [0, 0.05) is 30.5 Å². The van der Waals surface area contributed by atoms with Crippen molar-refractivity contribution in [3.8, 4) is 0 Å². The van der Waals surface area contributed by atoms with Crippen LogP contribution in [0.15, 0.2) is 0 Å². The molecule has 4 nitrogen and oxygen atoms in total. The number of hydrogen-bond acceptors (Lipinski definition) is 4. The fourth-order valence-corrected chi connectivity index (χ4v) is 3.22. The van der Waals surface area contributed by atoms with Gasteiger partial charge in [-0.25, -0.2) is 0 Å². The second kappa shape index (κ2) is 8.15. The van der Waals surface area contributed by atoms with E-state index in [0.717, 1.165) is 35.0 Å². The smallest absolute Gasteiger partial charge is 0.0850 e. The van der Waals surface area contributed by atoms with Crippen LogP contribution in [-0.2, 0) is 19.9 Å². The van der Waals surface area contributed by atoms with Crippen LogP contribution in [0, 0.1) is 0 Å². The van der Waals surface area contributed by atoms with Gasteiger partial charge in [-0.05, 0) is 12.8 Å². The molecular weight excluding hydrogens is 280 g/mol. The summed E-state index contributed by atoms with van der Waals surface area (Å²) in [5.41, 5.74) is 4.91. The van der Waals surface area contributed by atoms with Gasteiger partial charge in [0.1, 0.15) is 0 Å². The molecule has 2 unspecified atom stereocenters. The summed E-state index contributed by atoms with van der Waals surface area (Å²) in [7, 11) is 1.94. The molecule has 0 fully saturated rings. The van der Waals surface area contributed by atoms with E-state index in [1.807, 2.05) is 23.5 Å². The monoisotopic (exact) mass is 304 g/mol. The van der Waals surface area contributed by atoms with Crippen molar-refractivity contribution >= 4 is 23.4 Å². The highest BCUT2D eigenvalue weighted by Crippen LogP contribution is 2.23. The maximum atomic E-state index is 6.36. The summed E-state index contributed by atoms with van der Waals surface area (Å²) in [4.78, 5) is 0. The van der Waals surface area contributed by atoms with E-state index in [0.29, 0.717) is 5.25 Å². The van der Waals surface area contributed by atoms with Crippen molar-refractivity contribution in [3.63, 3.8) is 0 Å². The van der Waals surface area contributed by atoms with Crippen LogP contribution < -0.4 is 11.3 Å². The molecule has 110 valence electrons. The second-order valence-corrected chi connectivity index (χ2v) is 6.65. The number of thioether (sulfide) groups is 1. The van der Waals surface area contributed by atoms with E-state index in [1.54, 1.807) is 0 Å². The number of nitrogens with zero attached hydrogens (tertiary/aromatic N) is 2. The molecule has 0 aromatic carbocycles. The van der Waals surface area contributed by atoms with Crippen molar-refractivity contribution in [1.82, 2.24) is 15.2 Å². The number of halogens is 1. The van der Waals surface area contributed by atoms with Crippen LogP contribution in [-0.4, -0.2) is 26.8 Å². The highest BCUT2D eigenvalue weighted by atomic mass is 35.5. The van der Waals surface area contributed by atoms with Crippen LogP contribution in [0.3, 0.4) is 0 Å². The minimum atomic E-state index is 0.219. The summed E-state index contributed by atoms with van der Waals surface area (Å²) < 4.78 is 1.87. The summed E-state index contributed by atoms with van der Waals surface area (Å²) in [6.45, 7) is 6.51. The van der Waals surface area contributed by atoms with E-state index in [-0.39, 0.29) is 6.04 Å².